The van der Waals surface area contributed by atoms with Crippen molar-refractivity contribution in [3.05, 3.63) is 53.3 Å². The van der Waals surface area contributed by atoms with Gasteiger partial charge >= 0.3 is 0 Å². The van der Waals surface area contributed by atoms with E-state index in [-0.39, 0.29) is 0 Å². The van der Waals surface area contributed by atoms with Crippen LogP contribution in [0.25, 0.3) is 6.08 Å². The molecule has 0 N–H and O–H groups in total. The van der Waals surface area contributed by atoms with Crippen molar-refractivity contribution in [2.24, 2.45) is 0 Å². The van der Waals surface area contributed by atoms with Crippen LogP contribution in [0.2, 0.25) is 0 Å². The predicted octanol–water partition coefficient (Wildman–Crippen LogP) is 4.56. The Bertz CT molecular complexity index is 647. The maximum absolute atomic E-state index is 5.47. The highest BCUT2D eigenvalue weighted by Gasteiger charge is 2.23. The summed E-state index contributed by atoms with van der Waals surface area (Å²) in [4.78, 5) is 3.30. The third-order valence-electron chi connectivity index (χ3n) is 3.06. The average Bonchev–Trinajstić information content (AvgIpc) is 3.11. The number of hydrogen-bond donors (Lipinski definition) is 0. The van der Waals surface area contributed by atoms with Gasteiger partial charge in [0.25, 0.3) is 0 Å². The second-order valence-corrected chi connectivity index (χ2v) is 6.27. The molecular weight excluding hydrogens is 302 g/mol. The molecule has 3 rings (SSSR count). The Morgan fingerprint density at radius 3 is 2.81 bits per heavy atom. The van der Waals surface area contributed by atoms with Gasteiger partial charge in [-0.05, 0) is 49.4 Å². The molecule has 108 valence electrons. The zero-order valence-electron chi connectivity index (χ0n) is 11.6. The van der Waals surface area contributed by atoms with E-state index in [1.165, 1.54) is 4.91 Å². The van der Waals surface area contributed by atoms with Crippen LogP contribution in [-0.4, -0.2) is 17.5 Å². The highest BCUT2D eigenvalue weighted by atomic mass is 32.2. The molecule has 0 saturated carbocycles. The SMILES string of the molecule is CCOc1ccc(N2C/C(=C/c3ccco3)SC2=S)cc1. The van der Waals surface area contributed by atoms with Gasteiger partial charge in [0.1, 0.15) is 15.8 Å². The Morgan fingerprint density at radius 1 is 1.33 bits per heavy atom. The molecule has 1 aromatic carbocycles. The molecule has 0 atom stereocenters. The molecular formula is C16H15NO2S2. The van der Waals surface area contributed by atoms with Crippen molar-refractivity contribution >= 4 is 40.1 Å². The normalized spacial score (nSPS) is 16.7. The summed E-state index contributed by atoms with van der Waals surface area (Å²) in [5.74, 6) is 1.74. The van der Waals surface area contributed by atoms with Crippen LogP contribution in [0.15, 0.2) is 52.0 Å². The Hall–Kier alpha value is -1.72. The van der Waals surface area contributed by atoms with Crippen LogP contribution in [0.3, 0.4) is 0 Å². The fraction of sp³-hybridized carbons (Fsp3) is 0.188. The Morgan fingerprint density at radius 2 is 2.14 bits per heavy atom. The maximum atomic E-state index is 5.47. The summed E-state index contributed by atoms with van der Waals surface area (Å²) < 4.78 is 11.7. The summed E-state index contributed by atoms with van der Waals surface area (Å²) in [5, 5.41) is 0. The average molecular weight is 317 g/mol. The number of furan rings is 1. The number of hydrogen-bond acceptors (Lipinski definition) is 4. The quantitative estimate of drug-likeness (QED) is 0.770. The lowest BCUT2D eigenvalue weighted by atomic mass is 10.2. The summed E-state index contributed by atoms with van der Waals surface area (Å²) in [6.07, 6.45) is 3.71. The van der Waals surface area contributed by atoms with Gasteiger partial charge in [0, 0.05) is 10.6 Å². The fourth-order valence-corrected chi connectivity index (χ4v) is 3.48. The van der Waals surface area contributed by atoms with Crippen LogP contribution in [-0.2, 0) is 0 Å². The van der Waals surface area contributed by atoms with E-state index in [1.54, 1.807) is 18.0 Å². The van der Waals surface area contributed by atoms with Crippen molar-refractivity contribution in [2.75, 3.05) is 18.1 Å². The van der Waals surface area contributed by atoms with Crippen molar-refractivity contribution in [1.29, 1.82) is 0 Å². The van der Waals surface area contributed by atoms with Gasteiger partial charge in [-0.15, -0.1) is 0 Å². The van der Waals surface area contributed by atoms with E-state index in [1.807, 2.05) is 49.4 Å². The lowest BCUT2D eigenvalue weighted by Crippen LogP contribution is -2.21. The number of rotatable bonds is 4. The third kappa shape index (κ3) is 3.31. The number of anilines is 1. The molecule has 1 aliphatic heterocycles. The third-order valence-corrected chi connectivity index (χ3v) is 4.43. The molecule has 0 radical (unpaired) electrons. The molecule has 0 amide bonds. The minimum absolute atomic E-state index is 0.674. The van der Waals surface area contributed by atoms with Crippen molar-refractivity contribution in [3.63, 3.8) is 0 Å². The van der Waals surface area contributed by atoms with Gasteiger partial charge in [-0.1, -0.05) is 24.0 Å². The number of thiocarbonyl (C=S) groups is 1. The lowest BCUT2D eigenvalue weighted by Gasteiger charge is -2.16. The molecule has 2 aromatic rings. The highest BCUT2D eigenvalue weighted by Crippen LogP contribution is 2.35. The molecule has 1 aliphatic rings. The topological polar surface area (TPSA) is 25.6 Å². The first-order valence-electron chi connectivity index (χ1n) is 6.72. The smallest absolute Gasteiger partial charge is 0.145 e. The first kappa shape index (κ1) is 14.2. The molecule has 1 fully saturated rings. The molecule has 2 heterocycles. The van der Waals surface area contributed by atoms with Crippen molar-refractivity contribution < 1.29 is 9.15 Å². The molecule has 0 aliphatic carbocycles. The molecule has 0 unspecified atom stereocenters. The lowest BCUT2D eigenvalue weighted by molar-refractivity contribution is 0.340. The van der Waals surface area contributed by atoms with E-state index in [0.717, 1.165) is 28.1 Å². The van der Waals surface area contributed by atoms with E-state index in [0.29, 0.717) is 6.61 Å². The number of nitrogens with zero attached hydrogens (tertiary/aromatic N) is 1. The summed E-state index contributed by atoms with van der Waals surface area (Å²) in [6, 6.07) is 11.8. The second-order valence-electron chi connectivity index (χ2n) is 4.51. The van der Waals surface area contributed by atoms with Gasteiger partial charge in [0.2, 0.25) is 0 Å². The summed E-state index contributed by atoms with van der Waals surface area (Å²) in [7, 11) is 0. The minimum Gasteiger partial charge on any atom is -0.494 e. The van der Waals surface area contributed by atoms with E-state index >= 15 is 0 Å². The molecule has 1 saturated heterocycles. The van der Waals surface area contributed by atoms with E-state index in [2.05, 4.69) is 4.90 Å². The van der Waals surface area contributed by atoms with Gasteiger partial charge in [0.15, 0.2) is 0 Å². The van der Waals surface area contributed by atoms with Crippen LogP contribution in [0.5, 0.6) is 5.75 Å². The second kappa shape index (κ2) is 6.37. The standard InChI is InChI=1S/C16H15NO2S2/c1-2-18-13-7-5-12(6-8-13)17-11-15(21-16(17)20)10-14-4-3-9-19-14/h3-10H,2,11H2,1H3/b15-10-. The monoisotopic (exact) mass is 317 g/mol. The minimum atomic E-state index is 0.674. The largest absolute Gasteiger partial charge is 0.494 e. The Balaban J connectivity index is 1.75. The van der Waals surface area contributed by atoms with Gasteiger partial charge in [-0.2, -0.15) is 0 Å². The van der Waals surface area contributed by atoms with Crippen molar-refractivity contribution in [2.45, 2.75) is 6.92 Å². The number of ether oxygens (including phenoxy) is 1. The maximum Gasteiger partial charge on any atom is 0.145 e. The summed E-state index contributed by atoms with van der Waals surface area (Å²) in [6.45, 7) is 3.43. The van der Waals surface area contributed by atoms with Gasteiger partial charge in [0.05, 0.1) is 19.4 Å². The predicted molar refractivity (Wildman–Crippen MR) is 91.8 cm³/mol. The molecule has 5 heteroatoms. The highest BCUT2D eigenvalue weighted by molar-refractivity contribution is 8.26. The molecule has 0 spiro atoms. The first-order chi connectivity index (χ1) is 10.3. The van der Waals surface area contributed by atoms with Crippen LogP contribution in [0, 0.1) is 0 Å². The Labute approximate surface area is 133 Å². The first-order valence-corrected chi connectivity index (χ1v) is 7.95. The van der Waals surface area contributed by atoms with Crippen molar-refractivity contribution in [3.8, 4) is 5.75 Å². The van der Waals surface area contributed by atoms with E-state index in [9.17, 15) is 0 Å². The summed E-state index contributed by atoms with van der Waals surface area (Å²) >= 11 is 7.07. The number of thioether (sulfide) groups is 1. The number of benzene rings is 1. The zero-order chi connectivity index (χ0) is 14.7. The molecule has 3 nitrogen and oxygen atoms in total. The van der Waals surface area contributed by atoms with E-state index < -0.39 is 0 Å². The van der Waals surface area contributed by atoms with Gasteiger partial charge in [-0.3, -0.25) is 0 Å². The molecule has 21 heavy (non-hydrogen) atoms. The molecule has 1 aromatic heterocycles. The van der Waals surface area contributed by atoms with Crippen LogP contribution in [0.1, 0.15) is 12.7 Å². The fourth-order valence-electron chi connectivity index (χ4n) is 2.11. The van der Waals surface area contributed by atoms with Crippen LogP contribution >= 0.6 is 24.0 Å². The van der Waals surface area contributed by atoms with Gasteiger partial charge in [-0.25, -0.2) is 0 Å². The molecule has 0 bridgehead atoms. The van der Waals surface area contributed by atoms with E-state index in [4.69, 9.17) is 21.4 Å². The van der Waals surface area contributed by atoms with Crippen LogP contribution in [0.4, 0.5) is 5.69 Å². The Kier molecular flexibility index (Phi) is 4.31. The zero-order valence-corrected chi connectivity index (χ0v) is 13.2. The van der Waals surface area contributed by atoms with Gasteiger partial charge < -0.3 is 14.1 Å². The van der Waals surface area contributed by atoms with Crippen LogP contribution < -0.4 is 9.64 Å². The summed E-state index contributed by atoms with van der Waals surface area (Å²) in [5.41, 5.74) is 1.08. The van der Waals surface area contributed by atoms with Crippen molar-refractivity contribution in [1.82, 2.24) is 0 Å².